The minimum absolute atomic E-state index is 0.0465. The quantitative estimate of drug-likeness (QED) is 0.690. The van der Waals surface area contributed by atoms with Crippen molar-refractivity contribution in [2.45, 2.75) is 18.9 Å². The molecule has 1 amide bonds. The number of carboxylic acid groups (broad SMARTS) is 1. The maximum absolute atomic E-state index is 13.3. The summed E-state index contributed by atoms with van der Waals surface area (Å²) in [5.74, 6) is -0.869. The normalized spacial score (nSPS) is 15.6. The number of aromatic carboxylic acids is 1. The molecule has 0 unspecified atom stereocenters. The molecule has 30 heavy (non-hydrogen) atoms. The highest BCUT2D eigenvalue weighted by atomic mass is 16.5. The van der Waals surface area contributed by atoms with Gasteiger partial charge in [0.05, 0.1) is 16.9 Å². The van der Waals surface area contributed by atoms with Crippen molar-refractivity contribution in [3.8, 4) is 11.6 Å². The van der Waals surface area contributed by atoms with E-state index >= 15 is 0 Å². The molecular formula is C22H19N3O5. The molecule has 1 aromatic heterocycles. The molecule has 1 aliphatic carbocycles. The summed E-state index contributed by atoms with van der Waals surface area (Å²) in [6.45, 7) is 1.33. The Bertz CT molecular complexity index is 1100. The van der Waals surface area contributed by atoms with Gasteiger partial charge in [-0.25, -0.2) is 4.79 Å². The number of carbonyl (C=O) groups is 2. The Morgan fingerprint density at radius 3 is 2.47 bits per heavy atom. The molecule has 0 atom stereocenters. The lowest BCUT2D eigenvalue weighted by Gasteiger charge is -2.37. The van der Waals surface area contributed by atoms with Crippen LogP contribution in [0.1, 0.15) is 33.6 Å². The molecule has 8 heteroatoms. The number of anilines is 2. The number of rotatable bonds is 5. The average molecular weight is 405 g/mol. The lowest BCUT2D eigenvalue weighted by Crippen LogP contribution is -2.45. The number of carboxylic acids is 1. The van der Waals surface area contributed by atoms with Crippen LogP contribution in [0.25, 0.3) is 0 Å². The molecule has 2 aromatic carbocycles. The topological polar surface area (TPSA) is 96.1 Å². The van der Waals surface area contributed by atoms with Gasteiger partial charge in [0, 0.05) is 19.1 Å². The Hall–Kier alpha value is -3.81. The molecule has 3 aromatic rings. The Morgan fingerprint density at radius 2 is 1.77 bits per heavy atom. The van der Waals surface area contributed by atoms with Crippen molar-refractivity contribution in [1.82, 2.24) is 5.16 Å². The fourth-order valence-electron chi connectivity index (χ4n) is 3.72. The number of hydrogen-bond acceptors (Lipinski definition) is 6. The van der Waals surface area contributed by atoms with Crippen LogP contribution in [-0.4, -0.2) is 41.3 Å². The van der Waals surface area contributed by atoms with Gasteiger partial charge in [-0.2, -0.15) is 0 Å². The second-order valence-corrected chi connectivity index (χ2v) is 7.34. The van der Waals surface area contributed by atoms with Crippen LogP contribution in [0.5, 0.6) is 11.6 Å². The fourth-order valence-corrected chi connectivity index (χ4v) is 3.72. The third kappa shape index (κ3) is 3.26. The van der Waals surface area contributed by atoms with Crippen molar-refractivity contribution in [3.05, 3.63) is 65.9 Å². The minimum Gasteiger partial charge on any atom is -0.478 e. The molecule has 5 rings (SSSR count). The predicted octanol–water partition coefficient (Wildman–Crippen LogP) is 3.79. The van der Waals surface area contributed by atoms with E-state index in [1.807, 2.05) is 24.3 Å². The van der Waals surface area contributed by atoms with E-state index in [4.69, 9.17) is 14.4 Å². The number of fused-ring (bicyclic) bond motifs is 1. The van der Waals surface area contributed by atoms with Gasteiger partial charge in [0.25, 0.3) is 11.8 Å². The van der Waals surface area contributed by atoms with E-state index in [2.05, 4.69) is 10.1 Å². The number of para-hydroxylation sites is 2. The molecule has 0 radical (unpaired) electrons. The number of benzene rings is 2. The smallest absolute Gasteiger partial charge is 0.335 e. The van der Waals surface area contributed by atoms with Crippen molar-refractivity contribution < 1.29 is 24.0 Å². The first-order valence-electron chi connectivity index (χ1n) is 9.75. The Kier molecular flexibility index (Phi) is 4.39. The molecule has 152 valence electrons. The Labute approximate surface area is 172 Å². The standard InChI is InChI=1S/C22H19N3O5/c26-21(25-12-11-24(15-7-8-15)18-3-1-2-4-19(18)25)17-13-29-23-20(17)30-16-9-5-14(6-10-16)22(27)28/h1-6,9-10,13,15H,7-8,11-12H2,(H,27,28). The molecule has 2 aliphatic rings. The zero-order valence-corrected chi connectivity index (χ0v) is 16.0. The molecule has 1 N–H and O–H groups in total. The van der Waals surface area contributed by atoms with Gasteiger partial charge in [-0.15, -0.1) is 0 Å². The first-order chi connectivity index (χ1) is 14.6. The molecule has 1 aliphatic heterocycles. The lowest BCUT2D eigenvalue weighted by molar-refractivity contribution is 0.0696. The van der Waals surface area contributed by atoms with E-state index in [9.17, 15) is 9.59 Å². The van der Waals surface area contributed by atoms with Gasteiger partial charge in [0.15, 0.2) is 0 Å². The maximum atomic E-state index is 13.3. The average Bonchev–Trinajstić information content (AvgIpc) is 3.51. The number of aromatic nitrogens is 1. The van der Waals surface area contributed by atoms with Crippen molar-refractivity contribution >= 4 is 23.3 Å². The summed E-state index contributed by atoms with van der Waals surface area (Å²) in [5.41, 5.74) is 2.28. The summed E-state index contributed by atoms with van der Waals surface area (Å²) >= 11 is 0. The van der Waals surface area contributed by atoms with Gasteiger partial charge in [-0.05, 0) is 54.4 Å². The molecule has 2 heterocycles. The zero-order chi connectivity index (χ0) is 20.7. The van der Waals surface area contributed by atoms with Crippen molar-refractivity contribution in [2.24, 2.45) is 0 Å². The van der Waals surface area contributed by atoms with Crippen LogP contribution in [0.15, 0.2) is 59.3 Å². The van der Waals surface area contributed by atoms with Crippen LogP contribution < -0.4 is 14.5 Å². The third-order valence-electron chi connectivity index (χ3n) is 5.36. The highest BCUT2D eigenvalue weighted by Gasteiger charge is 2.36. The van der Waals surface area contributed by atoms with Gasteiger partial charge in [-0.3, -0.25) is 4.79 Å². The number of hydrogen-bond donors (Lipinski definition) is 1. The van der Waals surface area contributed by atoms with Crippen molar-refractivity contribution in [1.29, 1.82) is 0 Å². The van der Waals surface area contributed by atoms with Crippen LogP contribution in [0.2, 0.25) is 0 Å². The number of ether oxygens (including phenoxy) is 1. The van der Waals surface area contributed by atoms with Gasteiger partial charge < -0.3 is 24.2 Å². The van der Waals surface area contributed by atoms with Crippen LogP contribution in [0, 0.1) is 0 Å². The molecule has 1 fully saturated rings. The lowest BCUT2D eigenvalue weighted by atomic mass is 10.1. The summed E-state index contributed by atoms with van der Waals surface area (Å²) in [5, 5.41) is 12.8. The summed E-state index contributed by atoms with van der Waals surface area (Å²) in [4.78, 5) is 28.4. The van der Waals surface area contributed by atoms with Crippen LogP contribution in [0.4, 0.5) is 11.4 Å². The van der Waals surface area contributed by atoms with E-state index < -0.39 is 5.97 Å². The summed E-state index contributed by atoms with van der Waals surface area (Å²) in [6.07, 6.45) is 3.65. The summed E-state index contributed by atoms with van der Waals surface area (Å²) in [7, 11) is 0. The largest absolute Gasteiger partial charge is 0.478 e. The second kappa shape index (κ2) is 7.22. The minimum atomic E-state index is -1.03. The van der Waals surface area contributed by atoms with Gasteiger partial charge in [-0.1, -0.05) is 12.1 Å². The van der Waals surface area contributed by atoms with Crippen molar-refractivity contribution in [2.75, 3.05) is 22.9 Å². The highest BCUT2D eigenvalue weighted by Crippen LogP contribution is 2.40. The molecule has 0 spiro atoms. The number of carbonyl (C=O) groups excluding carboxylic acids is 1. The van der Waals surface area contributed by atoms with E-state index in [1.54, 1.807) is 4.90 Å². The van der Waals surface area contributed by atoms with E-state index in [1.165, 1.54) is 43.4 Å². The molecule has 8 nitrogen and oxygen atoms in total. The monoisotopic (exact) mass is 405 g/mol. The van der Waals surface area contributed by atoms with Gasteiger partial charge in [0.2, 0.25) is 0 Å². The zero-order valence-electron chi connectivity index (χ0n) is 16.0. The van der Waals surface area contributed by atoms with E-state index in [-0.39, 0.29) is 22.9 Å². The number of amides is 1. The van der Waals surface area contributed by atoms with Crippen LogP contribution >= 0.6 is 0 Å². The van der Waals surface area contributed by atoms with E-state index in [0.29, 0.717) is 18.3 Å². The molecular weight excluding hydrogens is 386 g/mol. The first-order valence-corrected chi connectivity index (χ1v) is 9.75. The molecule has 1 saturated carbocycles. The first kappa shape index (κ1) is 18.2. The highest BCUT2D eigenvalue weighted by molar-refractivity contribution is 6.09. The SMILES string of the molecule is O=C(O)c1ccc(Oc2nocc2C(=O)N2CCN(C3CC3)c3ccccc32)cc1. The number of nitrogens with zero attached hydrogens (tertiary/aromatic N) is 3. The van der Waals surface area contributed by atoms with Gasteiger partial charge >= 0.3 is 5.97 Å². The molecule has 0 saturated heterocycles. The predicted molar refractivity (Wildman–Crippen MR) is 108 cm³/mol. The fraction of sp³-hybridized carbons (Fsp3) is 0.227. The summed E-state index contributed by atoms with van der Waals surface area (Å²) in [6, 6.07) is 14.3. The van der Waals surface area contributed by atoms with E-state index in [0.717, 1.165) is 17.9 Å². The van der Waals surface area contributed by atoms with Crippen LogP contribution in [0.3, 0.4) is 0 Å². The molecule has 0 bridgehead atoms. The van der Waals surface area contributed by atoms with Crippen molar-refractivity contribution in [3.63, 3.8) is 0 Å². The third-order valence-corrected chi connectivity index (χ3v) is 5.36. The summed E-state index contributed by atoms with van der Waals surface area (Å²) < 4.78 is 10.7. The Morgan fingerprint density at radius 1 is 1.03 bits per heavy atom. The second-order valence-electron chi connectivity index (χ2n) is 7.34. The van der Waals surface area contributed by atoms with Gasteiger partial charge in [0.1, 0.15) is 17.6 Å². The maximum Gasteiger partial charge on any atom is 0.335 e. The van der Waals surface area contributed by atoms with Crippen LogP contribution in [-0.2, 0) is 0 Å². The Balaban J connectivity index is 1.40.